The zero-order chi connectivity index (χ0) is 21.4. The molecule has 0 unspecified atom stereocenters. The summed E-state index contributed by atoms with van der Waals surface area (Å²) in [5.74, 6) is -0.258. The van der Waals surface area contributed by atoms with E-state index < -0.39 is 10.0 Å². The number of benzene rings is 2. The highest BCUT2D eigenvalue weighted by Gasteiger charge is 2.26. The molecule has 6 nitrogen and oxygen atoms in total. The molecule has 1 amide bonds. The summed E-state index contributed by atoms with van der Waals surface area (Å²) in [7, 11) is -0.680. The minimum absolute atomic E-state index is 0.00964. The number of carbonyl (C=O) groups excluding carboxylic acids is 1. The number of hydrogen-bond donors (Lipinski definition) is 0. The lowest BCUT2D eigenvalue weighted by atomic mass is 10.2. The highest BCUT2D eigenvalue weighted by molar-refractivity contribution is 7.92. The molecule has 0 spiro atoms. The number of nitrogens with zero attached hydrogens (tertiary/aromatic N) is 2. The van der Waals surface area contributed by atoms with Crippen molar-refractivity contribution in [3.63, 3.8) is 0 Å². The van der Waals surface area contributed by atoms with Gasteiger partial charge in [0.25, 0.3) is 15.9 Å². The van der Waals surface area contributed by atoms with Crippen LogP contribution in [0.1, 0.15) is 16.8 Å². The van der Waals surface area contributed by atoms with Gasteiger partial charge in [0.1, 0.15) is 0 Å². The van der Waals surface area contributed by atoms with E-state index in [-0.39, 0.29) is 17.3 Å². The molecule has 0 aliphatic carbocycles. The van der Waals surface area contributed by atoms with E-state index in [1.165, 1.54) is 22.5 Å². The summed E-state index contributed by atoms with van der Waals surface area (Å²) in [5, 5.41) is 0.308. The number of methoxy groups -OCH3 is 1. The smallest absolute Gasteiger partial charge is 0.264 e. The zero-order valence-electron chi connectivity index (χ0n) is 16.5. The fourth-order valence-electron chi connectivity index (χ4n) is 2.78. The quantitative estimate of drug-likeness (QED) is 0.419. The molecule has 29 heavy (non-hydrogen) atoms. The van der Waals surface area contributed by atoms with Gasteiger partial charge in [-0.05, 0) is 36.8 Å². The van der Waals surface area contributed by atoms with Gasteiger partial charge in [-0.15, -0.1) is 6.58 Å². The predicted octanol–water partition coefficient (Wildman–Crippen LogP) is 3.83. The molecule has 0 aliphatic heterocycles. The highest BCUT2D eigenvalue weighted by atomic mass is 35.5. The van der Waals surface area contributed by atoms with Crippen molar-refractivity contribution in [1.82, 2.24) is 4.90 Å². The van der Waals surface area contributed by atoms with E-state index in [4.69, 9.17) is 16.3 Å². The van der Waals surface area contributed by atoms with Crippen LogP contribution in [0, 0.1) is 0 Å². The maximum atomic E-state index is 13.3. The van der Waals surface area contributed by atoms with Gasteiger partial charge in [-0.1, -0.05) is 35.9 Å². The number of carbonyl (C=O) groups is 1. The Hall–Kier alpha value is -2.35. The SMILES string of the molecule is C=CCN(c1ccccc1Cl)S(=O)(=O)c1cccc(C(=O)N(C)CCCOC)c1. The molecule has 0 saturated heterocycles. The topological polar surface area (TPSA) is 66.9 Å². The van der Waals surface area contributed by atoms with E-state index in [0.717, 1.165) is 0 Å². The Morgan fingerprint density at radius 2 is 1.93 bits per heavy atom. The number of hydrogen-bond acceptors (Lipinski definition) is 4. The van der Waals surface area contributed by atoms with Crippen molar-refractivity contribution >= 4 is 33.2 Å². The summed E-state index contributed by atoms with van der Waals surface area (Å²) < 4.78 is 32.8. The van der Waals surface area contributed by atoms with Gasteiger partial charge in [0.15, 0.2) is 0 Å². The van der Waals surface area contributed by atoms with Gasteiger partial charge in [0.05, 0.1) is 22.2 Å². The van der Waals surface area contributed by atoms with Gasteiger partial charge in [0, 0.05) is 32.9 Å². The summed E-state index contributed by atoms with van der Waals surface area (Å²) in [6.45, 7) is 4.74. The van der Waals surface area contributed by atoms with E-state index in [2.05, 4.69) is 6.58 Å². The average molecular weight is 437 g/mol. The molecule has 2 aromatic rings. The van der Waals surface area contributed by atoms with Crippen molar-refractivity contribution in [3.05, 3.63) is 71.8 Å². The van der Waals surface area contributed by atoms with Gasteiger partial charge in [-0.3, -0.25) is 9.10 Å². The number of ether oxygens (including phenoxy) is 1. The first kappa shape index (κ1) is 22.9. The maximum absolute atomic E-state index is 13.3. The van der Waals surface area contributed by atoms with Crippen molar-refractivity contribution in [2.75, 3.05) is 38.2 Å². The van der Waals surface area contributed by atoms with Crippen LogP contribution in [0.2, 0.25) is 5.02 Å². The molecule has 156 valence electrons. The average Bonchev–Trinajstić information content (AvgIpc) is 2.72. The van der Waals surface area contributed by atoms with Crippen LogP contribution in [0.15, 0.2) is 66.1 Å². The fourth-order valence-corrected chi connectivity index (χ4v) is 4.57. The van der Waals surface area contributed by atoms with Gasteiger partial charge in [-0.2, -0.15) is 0 Å². The normalized spacial score (nSPS) is 11.1. The monoisotopic (exact) mass is 436 g/mol. The van der Waals surface area contributed by atoms with Crippen LogP contribution in [-0.4, -0.2) is 53.1 Å². The second-order valence-corrected chi connectivity index (χ2v) is 8.65. The minimum Gasteiger partial charge on any atom is -0.385 e. The summed E-state index contributed by atoms with van der Waals surface area (Å²) in [5.41, 5.74) is 0.645. The van der Waals surface area contributed by atoms with Crippen molar-refractivity contribution in [3.8, 4) is 0 Å². The van der Waals surface area contributed by atoms with Gasteiger partial charge >= 0.3 is 0 Å². The molecule has 0 aliphatic rings. The first-order chi connectivity index (χ1) is 13.8. The molecule has 0 bridgehead atoms. The summed E-state index contributed by atoms with van der Waals surface area (Å²) in [6.07, 6.45) is 2.18. The molecule has 8 heteroatoms. The van der Waals surface area contributed by atoms with E-state index in [1.54, 1.807) is 55.5 Å². The number of para-hydroxylation sites is 1. The Balaban J connectivity index is 2.37. The highest BCUT2D eigenvalue weighted by Crippen LogP contribution is 2.30. The van der Waals surface area contributed by atoms with Gasteiger partial charge in [0.2, 0.25) is 0 Å². The third-order valence-electron chi connectivity index (χ3n) is 4.27. The van der Waals surface area contributed by atoms with Crippen molar-refractivity contribution in [2.24, 2.45) is 0 Å². The Labute approximate surface area is 177 Å². The van der Waals surface area contributed by atoms with Crippen molar-refractivity contribution in [2.45, 2.75) is 11.3 Å². The Morgan fingerprint density at radius 3 is 2.59 bits per heavy atom. The Morgan fingerprint density at radius 1 is 1.21 bits per heavy atom. The van der Waals surface area contributed by atoms with Crippen molar-refractivity contribution in [1.29, 1.82) is 0 Å². The molecule has 0 heterocycles. The second kappa shape index (κ2) is 10.4. The van der Waals surface area contributed by atoms with Crippen LogP contribution in [0.4, 0.5) is 5.69 Å². The third kappa shape index (κ3) is 5.59. The molecule has 2 aromatic carbocycles. The number of sulfonamides is 1. The van der Waals surface area contributed by atoms with E-state index in [9.17, 15) is 13.2 Å². The molecule has 2 rings (SSSR count). The lowest BCUT2D eigenvalue weighted by Crippen LogP contribution is -2.32. The molecule has 0 N–H and O–H groups in total. The van der Waals surface area contributed by atoms with E-state index >= 15 is 0 Å². The van der Waals surface area contributed by atoms with E-state index in [1.807, 2.05) is 0 Å². The lowest BCUT2D eigenvalue weighted by Gasteiger charge is -2.24. The van der Waals surface area contributed by atoms with Crippen molar-refractivity contribution < 1.29 is 17.9 Å². The van der Waals surface area contributed by atoms with Gasteiger partial charge < -0.3 is 9.64 Å². The maximum Gasteiger partial charge on any atom is 0.264 e. The number of halogens is 1. The molecule has 0 radical (unpaired) electrons. The van der Waals surface area contributed by atoms with Gasteiger partial charge in [-0.25, -0.2) is 8.42 Å². The number of amides is 1. The number of anilines is 1. The molecule has 0 atom stereocenters. The molecular formula is C21H25ClN2O4S. The predicted molar refractivity (Wildman–Crippen MR) is 116 cm³/mol. The van der Waals surface area contributed by atoms with Crippen LogP contribution in [-0.2, 0) is 14.8 Å². The zero-order valence-corrected chi connectivity index (χ0v) is 18.1. The van der Waals surface area contributed by atoms with Crippen LogP contribution >= 0.6 is 11.6 Å². The third-order valence-corrected chi connectivity index (χ3v) is 6.37. The van der Waals surface area contributed by atoms with Crippen LogP contribution in [0.3, 0.4) is 0 Å². The van der Waals surface area contributed by atoms with Crippen LogP contribution < -0.4 is 4.31 Å². The standard InChI is InChI=1S/C21H25ClN2O4S/c1-4-13-24(20-12-6-5-11-19(20)22)29(26,27)18-10-7-9-17(16-18)21(25)23(2)14-8-15-28-3/h4-7,9-12,16H,1,8,13-15H2,2-3H3. The fraction of sp³-hybridized carbons (Fsp3) is 0.286. The molecule has 0 aromatic heterocycles. The summed E-state index contributed by atoms with van der Waals surface area (Å²) >= 11 is 6.22. The Kier molecular flexibility index (Phi) is 8.25. The summed E-state index contributed by atoms with van der Waals surface area (Å²) in [4.78, 5) is 14.2. The number of rotatable bonds is 10. The molecule has 0 fully saturated rings. The first-order valence-corrected chi connectivity index (χ1v) is 10.9. The first-order valence-electron chi connectivity index (χ1n) is 9.05. The Bertz CT molecular complexity index is 963. The van der Waals surface area contributed by atoms with E-state index in [0.29, 0.717) is 35.8 Å². The lowest BCUT2D eigenvalue weighted by molar-refractivity contribution is 0.0779. The minimum atomic E-state index is -3.95. The molecule has 0 saturated carbocycles. The molecular weight excluding hydrogens is 412 g/mol. The van der Waals surface area contributed by atoms with Crippen LogP contribution in [0.5, 0.6) is 0 Å². The largest absolute Gasteiger partial charge is 0.385 e. The summed E-state index contributed by atoms with van der Waals surface area (Å²) in [6, 6.07) is 12.7. The van der Waals surface area contributed by atoms with Crippen LogP contribution in [0.25, 0.3) is 0 Å². The second-order valence-electron chi connectivity index (χ2n) is 6.38.